The first-order chi connectivity index (χ1) is 12.4. The van der Waals surface area contributed by atoms with Gasteiger partial charge >= 0.3 is 0 Å². The van der Waals surface area contributed by atoms with Crippen molar-refractivity contribution in [2.75, 3.05) is 5.75 Å². The first-order valence-corrected chi connectivity index (χ1v) is 10.9. The zero-order chi connectivity index (χ0) is 18.7. The van der Waals surface area contributed by atoms with Crippen molar-refractivity contribution in [1.29, 1.82) is 5.26 Å². The zero-order valence-electron chi connectivity index (χ0n) is 14.8. The van der Waals surface area contributed by atoms with Crippen LogP contribution in [-0.4, -0.2) is 14.2 Å². The molecule has 0 radical (unpaired) electrons. The van der Waals surface area contributed by atoms with Crippen molar-refractivity contribution in [3.63, 3.8) is 0 Å². The number of hydrogen-bond donors (Lipinski definition) is 0. The molecule has 0 unspecified atom stereocenters. The van der Waals surface area contributed by atoms with Gasteiger partial charge in [0, 0.05) is 10.6 Å². The second kappa shape index (κ2) is 7.82. The summed E-state index contributed by atoms with van der Waals surface area (Å²) in [5, 5.41) is 9.41. The van der Waals surface area contributed by atoms with Gasteiger partial charge in [-0.2, -0.15) is 5.26 Å². The number of hydrogen-bond acceptors (Lipinski definition) is 3. The van der Waals surface area contributed by atoms with Crippen LogP contribution in [0.3, 0.4) is 0 Å². The van der Waals surface area contributed by atoms with E-state index in [0.717, 1.165) is 36.8 Å². The van der Waals surface area contributed by atoms with E-state index >= 15 is 0 Å². The van der Waals surface area contributed by atoms with Gasteiger partial charge in [0.1, 0.15) is 0 Å². The molecule has 26 heavy (non-hydrogen) atoms. The Hall–Kier alpha value is -1.83. The summed E-state index contributed by atoms with van der Waals surface area (Å²) in [4.78, 5) is 0.365. The van der Waals surface area contributed by atoms with E-state index in [9.17, 15) is 8.42 Å². The second-order valence-corrected chi connectivity index (χ2v) is 9.68. The molecular weight excluding hydrogens is 366 g/mol. The minimum Gasteiger partial charge on any atom is -0.224 e. The molecule has 136 valence electrons. The van der Waals surface area contributed by atoms with E-state index in [0.29, 0.717) is 21.4 Å². The third-order valence-electron chi connectivity index (χ3n) is 5.21. The third-order valence-corrected chi connectivity index (χ3v) is 7.43. The molecular formula is C21H22ClNO2S. The standard InChI is InChI=1S/C21H22ClNO2S/c1-15-2-4-16(5-3-15)14-26(24,25)19-9-7-18(8-10-19)20-11-6-17(13-23)12-21(20)22/h6-12,15-16H,2-5,14H2,1H3. The highest BCUT2D eigenvalue weighted by atomic mass is 35.5. The van der Waals surface area contributed by atoms with Crippen molar-refractivity contribution < 1.29 is 8.42 Å². The second-order valence-electron chi connectivity index (χ2n) is 7.24. The average Bonchev–Trinajstić information content (AvgIpc) is 2.63. The lowest BCUT2D eigenvalue weighted by molar-refractivity contribution is 0.308. The Balaban J connectivity index is 1.77. The Morgan fingerprint density at radius 2 is 1.73 bits per heavy atom. The largest absolute Gasteiger partial charge is 0.224 e. The number of halogens is 1. The molecule has 1 aliphatic rings. The van der Waals surface area contributed by atoms with Gasteiger partial charge in [-0.25, -0.2) is 8.42 Å². The molecule has 1 fully saturated rings. The number of sulfone groups is 1. The van der Waals surface area contributed by atoms with Crippen LogP contribution in [0.2, 0.25) is 5.02 Å². The van der Waals surface area contributed by atoms with Crippen molar-refractivity contribution >= 4 is 21.4 Å². The van der Waals surface area contributed by atoms with Gasteiger partial charge in [0.25, 0.3) is 0 Å². The number of nitriles is 1. The molecule has 0 saturated heterocycles. The van der Waals surface area contributed by atoms with E-state index in [-0.39, 0.29) is 11.7 Å². The highest BCUT2D eigenvalue weighted by Gasteiger charge is 2.25. The van der Waals surface area contributed by atoms with Gasteiger partial charge in [-0.15, -0.1) is 0 Å². The molecule has 0 atom stereocenters. The summed E-state index contributed by atoms with van der Waals surface area (Å²) in [6, 6.07) is 14.0. The number of benzene rings is 2. The average molecular weight is 388 g/mol. The Morgan fingerprint density at radius 3 is 2.31 bits per heavy atom. The van der Waals surface area contributed by atoms with Crippen LogP contribution in [0, 0.1) is 23.2 Å². The molecule has 1 aliphatic carbocycles. The van der Waals surface area contributed by atoms with Crippen molar-refractivity contribution in [2.24, 2.45) is 11.8 Å². The molecule has 0 N–H and O–H groups in total. The summed E-state index contributed by atoms with van der Waals surface area (Å²) in [6.07, 6.45) is 4.24. The molecule has 3 nitrogen and oxygen atoms in total. The van der Waals surface area contributed by atoms with Crippen molar-refractivity contribution in [3.8, 4) is 17.2 Å². The van der Waals surface area contributed by atoms with Gasteiger partial charge in [-0.05, 0) is 54.5 Å². The Bertz CT molecular complexity index is 921. The van der Waals surface area contributed by atoms with Crippen LogP contribution < -0.4 is 0 Å². The van der Waals surface area contributed by atoms with Gasteiger partial charge in [0.15, 0.2) is 9.84 Å². The maximum atomic E-state index is 12.7. The van der Waals surface area contributed by atoms with E-state index in [1.165, 1.54) is 0 Å². The molecule has 0 aromatic heterocycles. The minimum absolute atomic E-state index is 0.233. The lowest BCUT2D eigenvalue weighted by atomic mass is 9.84. The van der Waals surface area contributed by atoms with Gasteiger partial charge in [0.2, 0.25) is 0 Å². The molecule has 5 heteroatoms. The van der Waals surface area contributed by atoms with E-state index in [1.54, 1.807) is 42.5 Å². The number of rotatable bonds is 4. The van der Waals surface area contributed by atoms with Crippen molar-refractivity contribution in [3.05, 3.63) is 53.1 Å². The molecule has 3 rings (SSSR count). The maximum absolute atomic E-state index is 12.7. The van der Waals surface area contributed by atoms with Gasteiger partial charge < -0.3 is 0 Å². The Labute approximate surface area is 160 Å². The summed E-state index contributed by atoms with van der Waals surface area (Å²) in [6.45, 7) is 2.23. The fourth-order valence-corrected chi connectivity index (χ4v) is 5.55. The van der Waals surface area contributed by atoms with Crippen molar-refractivity contribution in [2.45, 2.75) is 37.5 Å². The summed E-state index contributed by atoms with van der Waals surface area (Å²) < 4.78 is 25.4. The van der Waals surface area contributed by atoms with Crippen molar-refractivity contribution in [1.82, 2.24) is 0 Å². The van der Waals surface area contributed by atoms with Gasteiger partial charge in [-0.1, -0.05) is 49.6 Å². The quantitative estimate of drug-likeness (QED) is 0.697. The third kappa shape index (κ3) is 4.28. The van der Waals surface area contributed by atoms with E-state index in [4.69, 9.17) is 16.9 Å². The fourth-order valence-electron chi connectivity index (χ4n) is 3.56. The van der Waals surface area contributed by atoms with Crippen LogP contribution in [0.1, 0.15) is 38.2 Å². The number of nitrogens with zero attached hydrogens (tertiary/aromatic N) is 1. The monoisotopic (exact) mass is 387 g/mol. The van der Waals surface area contributed by atoms with E-state index < -0.39 is 9.84 Å². The van der Waals surface area contributed by atoms with Gasteiger partial charge in [-0.3, -0.25) is 0 Å². The van der Waals surface area contributed by atoms with E-state index in [1.807, 2.05) is 0 Å². The van der Waals surface area contributed by atoms with Gasteiger partial charge in [0.05, 0.1) is 22.3 Å². The Kier molecular flexibility index (Phi) is 5.70. The van der Waals surface area contributed by atoms with Crippen LogP contribution in [-0.2, 0) is 9.84 Å². The first-order valence-electron chi connectivity index (χ1n) is 8.92. The lowest BCUT2D eigenvalue weighted by Gasteiger charge is -2.25. The first kappa shape index (κ1) is 18.9. The van der Waals surface area contributed by atoms with Crippen LogP contribution in [0.5, 0.6) is 0 Å². The molecule has 0 spiro atoms. The highest BCUT2D eigenvalue weighted by molar-refractivity contribution is 7.91. The molecule has 0 heterocycles. The predicted molar refractivity (Wildman–Crippen MR) is 105 cm³/mol. The molecule has 0 aliphatic heterocycles. The topological polar surface area (TPSA) is 57.9 Å². The molecule has 0 amide bonds. The Morgan fingerprint density at radius 1 is 1.08 bits per heavy atom. The molecule has 0 bridgehead atoms. The maximum Gasteiger partial charge on any atom is 0.178 e. The SMILES string of the molecule is CC1CCC(CS(=O)(=O)c2ccc(-c3ccc(C#N)cc3Cl)cc2)CC1. The predicted octanol–water partition coefficient (Wildman–Crippen LogP) is 5.48. The smallest absolute Gasteiger partial charge is 0.178 e. The van der Waals surface area contributed by atoms with Crippen LogP contribution in [0.15, 0.2) is 47.4 Å². The highest BCUT2D eigenvalue weighted by Crippen LogP contribution is 2.32. The summed E-state index contributed by atoms with van der Waals surface area (Å²) in [7, 11) is -3.27. The molecule has 2 aromatic rings. The van der Waals surface area contributed by atoms with Crippen LogP contribution >= 0.6 is 11.6 Å². The summed E-state index contributed by atoms with van der Waals surface area (Å²) >= 11 is 6.24. The normalized spacial score (nSPS) is 20.5. The summed E-state index contributed by atoms with van der Waals surface area (Å²) in [5.41, 5.74) is 2.13. The molecule has 2 aromatic carbocycles. The van der Waals surface area contributed by atoms with E-state index in [2.05, 4.69) is 13.0 Å². The fraction of sp³-hybridized carbons (Fsp3) is 0.381. The van der Waals surface area contributed by atoms with Crippen LogP contribution in [0.4, 0.5) is 0 Å². The zero-order valence-corrected chi connectivity index (χ0v) is 16.4. The summed E-state index contributed by atoms with van der Waals surface area (Å²) in [5.74, 6) is 1.21. The minimum atomic E-state index is -3.27. The molecule has 1 saturated carbocycles. The lowest BCUT2D eigenvalue weighted by Crippen LogP contribution is -2.21. The van der Waals surface area contributed by atoms with Crippen LogP contribution in [0.25, 0.3) is 11.1 Å².